The van der Waals surface area contributed by atoms with Gasteiger partial charge in [0.1, 0.15) is 0 Å². The first kappa shape index (κ1) is 18.7. The molecule has 2 aromatic heterocycles. The number of Topliss-reactive ketones (excluding diaryl/α,β-unsaturated/α-hetero) is 1. The molecule has 0 radical (unpaired) electrons. The Kier molecular flexibility index (Phi) is 5.87. The molecule has 1 unspecified atom stereocenters. The number of hydrogen-bond donors (Lipinski definition) is 0. The number of carbonyl (C=O) groups is 1. The number of aromatic nitrogens is 1. The predicted molar refractivity (Wildman–Crippen MR) is 102 cm³/mol. The monoisotopic (exact) mass is 329 g/mol. The number of ketones is 1. The number of quaternary nitrogens is 1. The van der Waals surface area contributed by atoms with E-state index in [-0.39, 0.29) is 5.78 Å². The van der Waals surface area contributed by atoms with Gasteiger partial charge in [-0.1, -0.05) is 26.3 Å². The van der Waals surface area contributed by atoms with Crippen molar-refractivity contribution in [1.29, 1.82) is 0 Å². The average molecular weight is 330 g/mol. The van der Waals surface area contributed by atoms with Gasteiger partial charge < -0.3 is 8.88 Å². The van der Waals surface area contributed by atoms with Gasteiger partial charge in [-0.3, -0.25) is 4.79 Å². The quantitative estimate of drug-likeness (QED) is 0.386. The van der Waals surface area contributed by atoms with Crippen molar-refractivity contribution in [1.82, 2.24) is 4.40 Å². The Bertz CT molecular complexity index is 712. The maximum atomic E-state index is 12.2. The number of nitrogens with zero attached hydrogens (tertiary/aromatic N) is 2. The lowest BCUT2D eigenvalue weighted by Crippen LogP contribution is -2.43. The van der Waals surface area contributed by atoms with Gasteiger partial charge in [0.2, 0.25) is 0 Å². The Labute approximate surface area is 146 Å². The minimum Gasteiger partial charge on any atom is -0.328 e. The summed E-state index contributed by atoms with van der Waals surface area (Å²) in [5.41, 5.74) is 4.50. The van der Waals surface area contributed by atoms with E-state index < -0.39 is 0 Å². The number of pyridine rings is 1. The smallest absolute Gasteiger partial charge is 0.176 e. The van der Waals surface area contributed by atoms with Gasteiger partial charge in [0.25, 0.3) is 0 Å². The first-order valence-corrected chi connectivity index (χ1v) is 9.21. The van der Waals surface area contributed by atoms with Crippen LogP contribution in [-0.2, 0) is 0 Å². The second-order valence-corrected chi connectivity index (χ2v) is 7.85. The van der Waals surface area contributed by atoms with Crippen LogP contribution in [0.3, 0.4) is 0 Å². The zero-order valence-electron chi connectivity index (χ0n) is 16.2. The van der Waals surface area contributed by atoms with E-state index in [1.807, 2.05) is 12.3 Å². The fraction of sp³-hybridized carbons (Fsp3) is 0.571. The normalized spacial score (nSPS) is 13.4. The molecular formula is C21H33N2O+. The van der Waals surface area contributed by atoms with E-state index in [0.717, 1.165) is 22.3 Å². The Morgan fingerprint density at radius 2 is 1.96 bits per heavy atom. The number of likely N-dealkylation sites (N-methyl/N-ethyl adjacent to an activating group) is 1. The largest absolute Gasteiger partial charge is 0.328 e. The van der Waals surface area contributed by atoms with Crippen LogP contribution in [0.15, 0.2) is 24.4 Å². The molecule has 24 heavy (non-hydrogen) atoms. The Morgan fingerprint density at radius 3 is 2.58 bits per heavy atom. The molecule has 3 nitrogen and oxygen atoms in total. The fourth-order valence-corrected chi connectivity index (χ4v) is 4.13. The van der Waals surface area contributed by atoms with Gasteiger partial charge in [0.05, 0.1) is 32.9 Å². The van der Waals surface area contributed by atoms with E-state index in [4.69, 9.17) is 0 Å². The third-order valence-corrected chi connectivity index (χ3v) is 5.10. The van der Waals surface area contributed by atoms with Gasteiger partial charge in [0.15, 0.2) is 5.78 Å². The average Bonchev–Trinajstić information content (AvgIpc) is 2.78. The Hall–Kier alpha value is -1.61. The lowest BCUT2D eigenvalue weighted by Gasteiger charge is -2.32. The second-order valence-electron chi connectivity index (χ2n) is 7.85. The van der Waals surface area contributed by atoms with Crippen molar-refractivity contribution in [3.63, 3.8) is 0 Å². The van der Waals surface area contributed by atoms with E-state index in [1.165, 1.54) is 36.9 Å². The van der Waals surface area contributed by atoms with Gasteiger partial charge >= 0.3 is 0 Å². The van der Waals surface area contributed by atoms with Crippen molar-refractivity contribution < 1.29 is 9.28 Å². The first-order chi connectivity index (χ1) is 11.3. The van der Waals surface area contributed by atoms with Crippen LogP contribution in [0.25, 0.3) is 5.52 Å². The topological polar surface area (TPSA) is 21.5 Å². The first-order valence-electron chi connectivity index (χ1n) is 9.21. The molecule has 0 spiro atoms. The van der Waals surface area contributed by atoms with Crippen molar-refractivity contribution in [3.8, 4) is 0 Å². The zero-order chi connectivity index (χ0) is 17.9. The van der Waals surface area contributed by atoms with Crippen LogP contribution >= 0.6 is 0 Å². The molecule has 2 rings (SSSR count). The van der Waals surface area contributed by atoms with Gasteiger partial charge in [0, 0.05) is 24.6 Å². The van der Waals surface area contributed by atoms with E-state index in [0.29, 0.717) is 5.92 Å². The molecule has 0 fully saturated rings. The van der Waals surface area contributed by atoms with Crippen LogP contribution in [0.1, 0.15) is 67.6 Å². The van der Waals surface area contributed by atoms with Crippen LogP contribution in [0.2, 0.25) is 0 Å². The summed E-state index contributed by atoms with van der Waals surface area (Å²) in [5.74, 6) is 0.566. The summed E-state index contributed by atoms with van der Waals surface area (Å²) < 4.78 is 3.10. The third kappa shape index (κ3) is 3.89. The highest BCUT2D eigenvalue weighted by molar-refractivity contribution is 5.96. The fourth-order valence-electron chi connectivity index (χ4n) is 4.13. The molecule has 0 N–H and O–H groups in total. The highest BCUT2D eigenvalue weighted by Gasteiger charge is 2.26. The maximum Gasteiger partial charge on any atom is 0.176 e. The number of unbranched alkanes of at least 4 members (excludes halogenated alkanes) is 2. The SMILES string of the molecule is CCCCC[N+](C)(C)CC(C)c1c(C)c(C(C)=O)n2ccccc12. The number of carbonyl (C=O) groups excluding carboxylic acids is 1. The summed E-state index contributed by atoms with van der Waals surface area (Å²) in [5, 5.41) is 0. The lowest BCUT2D eigenvalue weighted by molar-refractivity contribution is -0.891. The molecule has 0 aliphatic rings. The van der Waals surface area contributed by atoms with Crippen LogP contribution in [-0.4, -0.2) is 41.9 Å². The van der Waals surface area contributed by atoms with Crippen molar-refractivity contribution in [2.45, 2.75) is 52.9 Å². The highest BCUT2D eigenvalue weighted by atomic mass is 16.1. The van der Waals surface area contributed by atoms with Crippen LogP contribution in [0, 0.1) is 6.92 Å². The molecule has 0 saturated heterocycles. The zero-order valence-corrected chi connectivity index (χ0v) is 16.2. The molecule has 1 atom stereocenters. The summed E-state index contributed by atoms with van der Waals surface area (Å²) in [4.78, 5) is 12.2. The van der Waals surface area contributed by atoms with Crippen molar-refractivity contribution in [3.05, 3.63) is 41.2 Å². The molecule has 0 saturated carbocycles. The van der Waals surface area contributed by atoms with E-state index in [2.05, 4.69) is 51.4 Å². The number of rotatable bonds is 8. The van der Waals surface area contributed by atoms with Crippen molar-refractivity contribution >= 4 is 11.3 Å². The Balaban J connectivity index is 2.34. The minimum atomic E-state index is 0.142. The molecule has 132 valence electrons. The summed E-state index contributed by atoms with van der Waals surface area (Å²) in [6, 6.07) is 6.20. The summed E-state index contributed by atoms with van der Waals surface area (Å²) >= 11 is 0. The van der Waals surface area contributed by atoms with E-state index in [9.17, 15) is 4.79 Å². The molecule has 0 aliphatic heterocycles. The molecule has 0 aromatic carbocycles. The molecular weight excluding hydrogens is 296 g/mol. The Morgan fingerprint density at radius 1 is 1.25 bits per heavy atom. The number of hydrogen-bond acceptors (Lipinski definition) is 1. The third-order valence-electron chi connectivity index (χ3n) is 5.10. The van der Waals surface area contributed by atoms with E-state index >= 15 is 0 Å². The maximum absolute atomic E-state index is 12.2. The van der Waals surface area contributed by atoms with Crippen LogP contribution in [0.4, 0.5) is 0 Å². The van der Waals surface area contributed by atoms with Crippen LogP contribution < -0.4 is 0 Å². The number of fused-ring (bicyclic) bond motifs is 1. The van der Waals surface area contributed by atoms with Gasteiger partial charge in [-0.2, -0.15) is 0 Å². The molecule has 0 bridgehead atoms. The van der Waals surface area contributed by atoms with Gasteiger partial charge in [-0.15, -0.1) is 0 Å². The second kappa shape index (κ2) is 7.52. The van der Waals surface area contributed by atoms with E-state index in [1.54, 1.807) is 6.92 Å². The molecule has 0 amide bonds. The summed E-state index contributed by atoms with van der Waals surface area (Å²) in [7, 11) is 4.65. The van der Waals surface area contributed by atoms with Crippen molar-refractivity contribution in [2.24, 2.45) is 0 Å². The summed E-state index contributed by atoms with van der Waals surface area (Å²) in [6.45, 7) is 10.6. The van der Waals surface area contributed by atoms with Gasteiger partial charge in [-0.25, -0.2) is 0 Å². The van der Waals surface area contributed by atoms with Gasteiger partial charge in [-0.05, 0) is 43.0 Å². The predicted octanol–water partition coefficient (Wildman–Crippen LogP) is 4.82. The molecule has 2 aromatic rings. The molecule has 0 aliphatic carbocycles. The molecule has 2 heterocycles. The van der Waals surface area contributed by atoms with Crippen molar-refractivity contribution in [2.75, 3.05) is 27.2 Å². The lowest BCUT2D eigenvalue weighted by atomic mass is 9.95. The summed E-state index contributed by atoms with van der Waals surface area (Å²) in [6.07, 6.45) is 5.86. The standard InChI is InChI=1S/C21H33N2O/c1-7-8-11-14-23(5,6)15-16(2)20-17(3)21(18(4)24)22-13-10-9-12-19(20)22/h9-10,12-13,16H,7-8,11,14-15H2,1-6H3/q+1. The highest BCUT2D eigenvalue weighted by Crippen LogP contribution is 2.31. The molecule has 3 heteroatoms. The minimum absolute atomic E-state index is 0.142. The van der Waals surface area contributed by atoms with Crippen LogP contribution in [0.5, 0.6) is 0 Å².